The number of rotatable bonds is 6. The van der Waals surface area contributed by atoms with E-state index in [1.165, 1.54) is 0 Å². The highest BCUT2D eigenvalue weighted by atomic mass is 16.3. The Labute approximate surface area is 142 Å². The van der Waals surface area contributed by atoms with Gasteiger partial charge in [0.05, 0.1) is 18.5 Å². The van der Waals surface area contributed by atoms with Crippen molar-refractivity contribution in [3.63, 3.8) is 0 Å². The Morgan fingerprint density at radius 1 is 1.25 bits per heavy atom. The largest absolute Gasteiger partial charge is 0.506 e. The van der Waals surface area contributed by atoms with Crippen LogP contribution in [-0.2, 0) is 13.1 Å². The number of piperazine rings is 1. The van der Waals surface area contributed by atoms with Crippen molar-refractivity contribution in [1.82, 2.24) is 14.8 Å². The van der Waals surface area contributed by atoms with Gasteiger partial charge in [0.25, 0.3) is 0 Å². The fourth-order valence-electron chi connectivity index (χ4n) is 3.27. The Hall–Kier alpha value is -1.89. The normalized spacial score (nSPS) is 19.7. The second kappa shape index (κ2) is 7.79. The number of pyridine rings is 1. The summed E-state index contributed by atoms with van der Waals surface area (Å²) < 4.78 is 5.45. The van der Waals surface area contributed by atoms with Crippen molar-refractivity contribution in [1.29, 1.82) is 0 Å². The molecule has 0 amide bonds. The first-order chi connectivity index (χ1) is 11.7. The number of aliphatic hydroxyl groups is 1. The molecule has 3 heterocycles. The molecule has 1 aliphatic heterocycles. The van der Waals surface area contributed by atoms with Gasteiger partial charge in [0.2, 0.25) is 0 Å². The van der Waals surface area contributed by atoms with E-state index in [1.54, 1.807) is 12.3 Å². The molecule has 0 unspecified atom stereocenters. The average molecular weight is 331 g/mol. The van der Waals surface area contributed by atoms with Crippen LogP contribution < -0.4 is 0 Å². The molecule has 2 aromatic rings. The molecule has 6 nitrogen and oxygen atoms in total. The van der Waals surface area contributed by atoms with Crippen molar-refractivity contribution in [2.45, 2.75) is 32.5 Å². The zero-order valence-corrected chi connectivity index (χ0v) is 14.1. The minimum Gasteiger partial charge on any atom is -0.506 e. The summed E-state index contributed by atoms with van der Waals surface area (Å²) in [4.78, 5) is 9.10. The van der Waals surface area contributed by atoms with Crippen LogP contribution in [0.2, 0.25) is 0 Å². The predicted octanol–water partition coefficient (Wildman–Crippen LogP) is 1.76. The molecule has 0 saturated carbocycles. The molecule has 6 heteroatoms. The van der Waals surface area contributed by atoms with E-state index < -0.39 is 0 Å². The van der Waals surface area contributed by atoms with E-state index in [2.05, 4.69) is 14.8 Å². The van der Waals surface area contributed by atoms with Crippen LogP contribution in [-0.4, -0.2) is 57.3 Å². The molecule has 1 aliphatic rings. The Bertz CT molecular complexity index is 645. The number of hydrogen-bond acceptors (Lipinski definition) is 6. The maximum Gasteiger partial charge on any atom is 0.138 e. The fraction of sp³-hybridized carbons (Fsp3) is 0.500. The molecule has 2 N–H and O–H groups in total. The zero-order chi connectivity index (χ0) is 16.9. The molecule has 1 fully saturated rings. The molecule has 1 saturated heterocycles. The molecule has 2 aromatic heterocycles. The van der Waals surface area contributed by atoms with E-state index in [4.69, 9.17) is 4.42 Å². The minimum atomic E-state index is 0.168. The molecule has 3 rings (SSSR count). The summed E-state index contributed by atoms with van der Waals surface area (Å²) in [5.41, 5.74) is 1.63. The number of aromatic hydroxyl groups is 1. The molecule has 0 radical (unpaired) electrons. The van der Waals surface area contributed by atoms with Gasteiger partial charge >= 0.3 is 0 Å². The number of aromatic nitrogens is 1. The van der Waals surface area contributed by atoms with Crippen LogP contribution in [0.1, 0.15) is 23.6 Å². The lowest BCUT2D eigenvalue weighted by Crippen LogP contribution is -2.52. The molecule has 0 aliphatic carbocycles. The van der Waals surface area contributed by atoms with Gasteiger partial charge in [0, 0.05) is 44.5 Å². The van der Waals surface area contributed by atoms with Gasteiger partial charge in [0.1, 0.15) is 11.5 Å². The zero-order valence-electron chi connectivity index (χ0n) is 14.1. The van der Waals surface area contributed by atoms with Gasteiger partial charge in [-0.05, 0) is 37.6 Å². The summed E-state index contributed by atoms with van der Waals surface area (Å²) in [6.45, 7) is 6.13. The number of furan rings is 1. The topological polar surface area (TPSA) is 73.0 Å². The average Bonchev–Trinajstić information content (AvgIpc) is 3.07. The third-order valence-electron chi connectivity index (χ3n) is 4.55. The molecule has 130 valence electrons. The molecule has 1 atom stereocenters. The number of aliphatic hydroxyl groups excluding tert-OH is 1. The van der Waals surface area contributed by atoms with Crippen molar-refractivity contribution >= 4 is 0 Å². The number of hydrogen-bond donors (Lipinski definition) is 2. The van der Waals surface area contributed by atoms with Crippen LogP contribution in [0.25, 0.3) is 0 Å². The van der Waals surface area contributed by atoms with Gasteiger partial charge in [0.15, 0.2) is 0 Å². The van der Waals surface area contributed by atoms with Gasteiger partial charge < -0.3 is 14.6 Å². The number of aryl methyl sites for hydroxylation is 1. The van der Waals surface area contributed by atoms with Crippen LogP contribution in [0.5, 0.6) is 5.75 Å². The van der Waals surface area contributed by atoms with Crippen LogP contribution in [0.3, 0.4) is 0 Å². The first kappa shape index (κ1) is 17.0. The summed E-state index contributed by atoms with van der Waals surface area (Å²) in [5.74, 6) is 1.20. The second-order valence-corrected chi connectivity index (χ2v) is 6.37. The monoisotopic (exact) mass is 331 g/mol. The minimum absolute atomic E-state index is 0.168. The van der Waals surface area contributed by atoms with Crippen molar-refractivity contribution in [3.05, 3.63) is 47.7 Å². The first-order valence-corrected chi connectivity index (χ1v) is 8.41. The molecular weight excluding hydrogens is 306 g/mol. The molecule has 0 aromatic carbocycles. The van der Waals surface area contributed by atoms with Gasteiger partial charge in [-0.1, -0.05) is 0 Å². The summed E-state index contributed by atoms with van der Waals surface area (Å²) >= 11 is 0. The van der Waals surface area contributed by atoms with Crippen molar-refractivity contribution in [2.75, 3.05) is 26.2 Å². The van der Waals surface area contributed by atoms with Crippen molar-refractivity contribution in [2.24, 2.45) is 0 Å². The second-order valence-electron chi connectivity index (χ2n) is 6.37. The quantitative estimate of drug-likeness (QED) is 0.840. The van der Waals surface area contributed by atoms with E-state index in [-0.39, 0.29) is 18.4 Å². The van der Waals surface area contributed by atoms with Gasteiger partial charge in [-0.15, -0.1) is 0 Å². The van der Waals surface area contributed by atoms with Crippen LogP contribution in [0.4, 0.5) is 0 Å². The van der Waals surface area contributed by atoms with Crippen LogP contribution in [0.15, 0.2) is 34.9 Å². The molecular formula is C18H25N3O3. The Morgan fingerprint density at radius 2 is 2.12 bits per heavy atom. The van der Waals surface area contributed by atoms with E-state index in [0.717, 1.165) is 49.7 Å². The van der Waals surface area contributed by atoms with Gasteiger partial charge in [-0.25, -0.2) is 0 Å². The lowest BCUT2D eigenvalue weighted by molar-refractivity contribution is 0.0447. The highest BCUT2D eigenvalue weighted by molar-refractivity contribution is 5.27. The van der Waals surface area contributed by atoms with E-state index >= 15 is 0 Å². The maximum absolute atomic E-state index is 10.0. The third-order valence-corrected chi connectivity index (χ3v) is 4.55. The summed E-state index contributed by atoms with van der Waals surface area (Å²) in [6, 6.07) is 7.67. The Kier molecular flexibility index (Phi) is 5.50. The maximum atomic E-state index is 10.0. The third kappa shape index (κ3) is 4.14. The van der Waals surface area contributed by atoms with Crippen molar-refractivity contribution in [3.8, 4) is 5.75 Å². The fourth-order valence-corrected chi connectivity index (χ4v) is 3.27. The van der Waals surface area contributed by atoms with E-state index in [1.807, 2.05) is 25.1 Å². The van der Waals surface area contributed by atoms with Crippen LogP contribution in [0, 0.1) is 6.92 Å². The van der Waals surface area contributed by atoms with Gasteiger partial charge in [-0.3, -0.25) is 14.8 Å². The lowest BCUT2D eigenvalue weighted by Gasteiger charge is -2.41. The Morgan fingerprint density at radius 3 is 2.88 bits per heavy atom. The summed E-state index contributed by atoms with van der Waals surface area (Å²) in [5, 5.41) is 19.4. The van der Waals surface area contributed by atoms with Crippen LogP contribution >= 0.6 is 0 Å². The van der Waals surface area contributed by atoms with Gasteiger partial charge in [-0.2, -0.15) is 0 Å². The molecule has 0 bridgehead atoms. The SMILES string of the molecule is Cc1ccc(O)c(CN2CCN(Cc3ccco3)[C@H](CCO)C2)n1. The summed E-state index contributed by atoms with van der Waals surface area (Å²) in [7, 11) is 0. The first-order valence-electron chi connectivity index (χ1n) is 8.41. The molecule has 24 heavy (non-hydrogen) atoms. The predicted molar refractivity (Wildman–Crippen MR) is 90.5 cm³/mol. The smallest absolute Gasteiger partial charge is 0.138 e. The molecule has 0 spiro atoms. The lowest BCUT2D eigenvalue weighted by atomic mass is 10.1. The van der Waals surface area contributed by atoms with E-state index in [0.29, 0.717) is 6.54 Å². The number of nitrogens with zero attached hydrogens (tertiary/aromatic N) is 3. The van der Waals surface area contributed by atoms with Crippen molar-refractivity contribution < 1.29 is 14.6 Å². The summed E-state index contributed by atoms with van der Waals surface area (Å²) in [6.07, 6.45) is 2.42. The highest BCUT2D eigenvalue weighted by Gasteiger charge is 2.27. The Balaban J connectivity index is 1.64. The highest BCUT2D eigenvalue weighted by Crippen LogP contribution is 2.21. The standard InChI is InChI=1S/C18H25N3O3/c1-14-4-5-18(23)17(19-14)13-20-7-8-21(15(11-20)6-9-22)12-16-3-2-10-24-16/h2-5,10,15,22-23H,6-9,11-13H2,1H3/t15-/m1/s1. The van der Waals surface area contributed by atoms with E-state index in [9.17, 15) is 10.2 Å².